The first-order valence-electron chi connectivity index (χ1n) is 10.1. The summed E-state index contributed by atoms with van der Waals surface area (Å²) in [5.41, 5.74) is 3.50. The van der Waals surface area contributed by atoms with Gasteiger partial charge in [-0.25, -0.2) is 0 Å². The Morgan fingerprint density at radius 2 is 1.62 bits per heavy atom. The molecule has 0 spiro atoms. The fraction of sp³-hybridized carbons (Fsp3) is 0.154. The number of carbonyl (C=O) groups is 2. The Kier molecular flexibility index (Phi) is 5.76. The number of halogens is 1. The van der Waals surface area contributed by atoms with Crippen molar-refractivity contribution in [1.29, 1.82) is 0 Å². The molecule has 1 N–H and O–H groups in total. The maximum atomic E-state index is 13.3. The van der Waals surface area contributed by atoms with Gasteiger partial charge in [-0.2, -0.15) is 0 Å². The number of hydrogen-bond acceptors (Lipinski definition) is 4. The number of aliphatic hydroxyl groups is 1. The number of anilines is 1. The number of ether oxygens (including phenoxy) is 1. The molecule has 1 amide bonds. The summed E-state index contributed by atoms with van der Waals surface area (Å²) in [6.07, 6.45) is 0. The van der Waals surface area contributed by atoms with Gasteiger partial charge in [0, 0.05) is 11.3 Å². The van der Waals surface area contributed by atoms with E-state index in [-0.39, 0.29) is 11.3 Å². The highest BCUT2D eigenvalue weighted by molar-refractivity contribution is 6.51. The largest absolute Gasteiger partial charge is 0.507 e. The van der Waals surface area contributed by atoms with Gasteiger partial charge in [0.15, 0.2) is 0 Å². The number of aliphatic hydroxyl groups excluding tert-OH is 1. The molecule has 0 aromatic heterocycles. The van der Waals surface area contributed by atoms with Gasteiger partial charge in [0.05, 0.1) is 23.7 Å². The van der Waals surface area contributed by atoms with Crippen LogP contribution in [0.4, 0.5) is 5.69 Å². The van der Waals surface area contributed by atoms with Crippen LogP contribution in [0.15, 0.2) is 72.3 Å². The van der Waals surface area contributed by atoms with E-state index in [0.717, 1.165) is 16.7 Å². The lowest BCUT2D eigenvalue weighted by Crippen LogP contribution is -2.30. The Labute approximate surface area is 191 Å². The van der Waals surface area contributed by atoms with Gasteiger partial charge in [-0.05, 0) is 54.8 Å². The number of ketones is 1. The summed E-state index contributed by atoms with van der Waals surface area (Å²) >= 11 is 6.13. The van der Waals surface area contributed by atoms with Crippen LogP contribution in [0.3, 0.4) is 0 Å². The van der Waals surface area contributed by atoms with Gasteiger partial charge in [0.25, 0.3) is 11.7 Å². The Bertz CT molecular complexity index is 1260. The van der Waals surface area contributed by atoms with Gasteiger partial charge >= 0.3 is 0 Å². The number of aryl methyl sites for hydroxylation is 2. The van der Waals surface area contributed by atoms with Crippen LogP contribution in [0.1, 0.15) is 28.3 Å². The van der Waals surface area contributed by atoms with E-state index in [0.29, 0.717) is 22.0 Å². The number of amides is 1. The van der Waals surface area contributed by atoms with Crippen molar-refractivity contribution < 1.29 is 19.4 Å². The zero-order valence-corrected chi connectivity index (χ0v) is 18.7. The first kappa shape index (κ1) is 21.7. The molecule has 0 aliphatic carbocycles. The van der Waals surface area contributed by atoms with E-state index in [9.17, 15) is 14.7 Å². The zero-order chi connectivity index (χ0) is 23.0. The van der Waals surface area contributed by atoms with Gasteiger partial charge in [-0.15, -0.1) is 0 Å². The second kappa shape index (κ2) is 8.52. The van der Waals surface area contributed by atoms with Crippen LogP contribution in [0.5, 0.6) is 5.75 Å². The fourth-order valence-electron chi connectivity index (χ4n) is 4.07. The molecule has 3 aromatic rings. The van der Waals surface area contributed by atoms with E-state index in [1.165, 1.54) is 12.0 Å². The third-order valence-corrected chi connectivity index (χ3v) is 6.04. The molecule has 1 heterocycles. The van der Waals surface area contributed by atoms with Gasteiger partial charge in [-0.1, -0.05) is 54.1 Å². The summed E-state index contributed by atoms with van der Waals surface area (Å²) in [4.78, 5) is 28.0. The normalized spacial score (nSPS) is 17.6. The average Bonchev–Trinajstić information content (AvgIpc) is 3.04. The lowest BCUT2D eigenvalue weighted by molar-refractivity contribution is -0.132. The Hall–Kier alpha value is -3.57. The number of Topliss-reactive ketones (excluding diaryl/α,β-unsaturated/α-hetero) is 1. The molecule has 5 nitrogen and oxygen atoms in total. The molecule has 1 atom stereocenters. The summed E-state index contributed by atoms with van der Waals surface area (Å²) in [7, 11) is 1.47. The molecule has 1 saturated heterocycles. The van der Waals surface area contributed by atoms with E-state index < -0.39 is 17.7 Å². The molecule has 1 aliphatic heterocycles. The maximum absolute atomic E-state index is 13.3. The van der Waals surface area contributed by atoms with E-state index >= 15 is 0 Å². The molecular weight excluding hydrogens is 426 g/mol. The van der Waals surface area contributed by atoms with E-state index in [2.05, 4.69) is 0 Å². The molecule has 0 radical (unpaired) electrons. The van der Waals surface area contributed by atoms with Crippen LogP contribution in [-0.4, -0.2) is 23.9 Å². The number of hydrogen-bond donors (Lipinski definition) is 1. The van der Waals surface area contributed by atoms with E-state index in [1.807, 2.05) is 56.3 Å². The predicted molar refractivity (Wildman–Crippen MR) is 125 cm³/mol. The van der Waals surface area contributed by atoms with Crippen LogP contribution in [0.25, 0.3) is 5.76 Å². The molecule has 6 heteroatoms. The second-order valence-electron chi connectivity index (χ2n) is 7.66. The smallest absolute Gasteiger partial charge is 0.300 e. The van der Waals surface area contributed by atoms with Gasteiger partial charge in [-0.3, -0.25) is 14.5 Å². The second-order valence-corrected chi connectivity index (χ2v) is 8.07. The highest BCUT2D eigenvalue weighted by Crippen LogP contribution is 2.44. The highest BCUT2D eigenvalue weighted by atomic mass is 35.5. The molecule has 4 rings (SSSR count). The molecule has 1 fully saturated rings. The Balaban J connectivity index is 2.00. The van der Waals surface area contributed by atoms with Crippen molar-refractivity contribution >= 4 is 34.7 Å². The van der Waals surface area contributed by atoms with Crippen molar-refractivity contribution in [3.8, 4) is 5.75 Å². The minimum atomic E-state index is -0.779. The zero-order valence-electron chi connectivity index (χ0n) is 17.9. The van der Waals surface area contributed by atoms with E-state index in [1.54, 1.807) is 24.3 Å². The van der Waals surface area contributed by atoms with Crippen LogP contribution >= 0.6 is 11.6 Å². The highest BCUT2D eigenvalue weighted by Gasteiger charge is 2.47. The standard InChI is InChI=1S/C26H22ClNO4/c1-15-8-4-6-10-18(15)23-22(24(29)17-12-13-19(27)21(14-17)32-3)25(30)26(31)28(23)20-11-7-5-9-16(20)2/h4-14,23,29H,1-3H3/b24-22+. The molecule has 0 bridgehead atoms. The molecule has 162 valence electrons. The summed E-state index contributed by atoms with van der Waals surface area (Å²) in [6, 6.07) is 18.8. The van der Waals surface area contributed by atoms with Crippen LogP contribution in [-0.2, 0) is 9.59 Å². The average molecular weight is 448 g/mol. The van der Waals surface area contributed by atoms with Gasteiger partial charge < -0.3 is 9.84 Å². The third kappa shape index (κ3) is 3.55. The predicted octanol–water partition coefficient (Wildman–Crippen LogP) is 5.59. The number of methoxy groups -OCH3 is 1. The van der Waals surface area contributed by atoms with Crippen LogP contribution in [0, 0.1) is 13.8 Å². The van der Waals surface area contributed by atoms with Crippen molar-refractivity contribution in [3.63, 3.8) is 0 Å². The Morgan fingerprint density at radius 3 is 2.28 bits per heavy atom. The molecule has 3 aromatic carbocycles. The van der Waals surface area contributed by atoms with Gasteiger partial charge in [0.1, 0.15) is 11.5 Å². The first-order valence-corrected chi connectivity index (χ1v) is 10.5. The summed E-state index contributed by atoms with van der Waals surface area (Å²) in [6.45, 7) is 3.80. The van der Waals surface area contributed by atoms with E-state index in [4.69, 9.17) is 16.3 Å². The lowest BCUT2D eigenvalue weighted by atomic mass is 9.92. The van der Waals surface area contributed by atoms with Crippen molar-refractivity contribution in [2.75, 3.05) is 12.0 Å². The van der Waals surface area contributed by atoms with Crippen molar-refractivity contribution in [2.24, 2.45) is 0 Å². The van der Waals surface area contributed by atoms with Crippen LogP contribution < -0.4 is 9.64 Å². The summed E-state index contributed by atoms with van der Waals surface area (Å²) in [5.74, 6) is -1.35. The van der Waals surface area contributed by atoms with Crippen molar-refractivity contribution in [3.05, 3.63) is 99.6 Å². The Morgan fingerprint density at radius 1 is 0.969 bits per heavy atom. The minimum absolute atomic E-state index is 0.0249. The number of para-hydroxylation sites is 1. The SMILES string of the molecule is COc1cc(/C(O)=C2\C(=O)C(=O)N(c3ccccc3C)C2c2ccccc2C)ccc1Cl. The number of carbonyl (C=O) groups excluding carboxylic acids is 2. The number of rotatable bonds is 4. The summed E-state index contributed by atoms with van der Waals surface area (Å²) < 4.78 is 5.26. The first-order chi connectivity index (χ1) is 15.3. The molecule has 1 aliphatic rings. The third-order valence-electron chi connectivity index (χ3n) is 5.73. The monoisotopic (exact) mass is 447 g/mol. The van der Waals surface area contributed by atoms with Crippen molar-refractivity contribution in [1.82, 2.24) is 0 Å². The minimum Gasteiger partial charge on any atom is -0.507 e. The molecule has 0 saturated carbocycles. The lowest BCUT2D eigenvalue weighted by Gasteiger charge is -2.27. The maximum Gasteiger partial charge on any atom is 0.300 e. The topological polar surface area (TPSA) is 66.8 Å². The van der Waals surface area contributed by atoms with Crippen LogP contribution in [0.2, 0.25) is 5.02 Å². The fourth-order valence-corrected chi connectivity index (χ4v) is 4.26. The number of benzene rings is 3. The number of nitrogens with zero attached hydrogens (tertiary/aromatic N) is 1. The van der Waals surface area contributed by atoms with Crippen molar-refractivity contribution in [2.45, 2.75) is 19.9 Å². The molecular formula is C26H22ClNO4. The summed E-state index contributed by atoms with van der Waals surface area (Å²) in [5, 5.41) is 11.6. The van der Waals surface area contributed by atoms with Gasteiger partial charge in [0.2, 0.25) is 0 Å². The molecule has 32 heavy (non-hydrogen) atoms. The molecule has 1 unspecified atom stereocenters. The quantitative estimate of drug-likeness (QED) is 0.321.